The summed E-state index contributed by atoms with van der Waals surface area (Å²) in [5.74, 6) is -0.789. The second-order valence-electron chi connectivity index (χ2n) is 7.40. The molecule has 0 aliphatic heterocycles. The quantitative estimate of drug-likeness (QED) is 0.284. The van der Waals surface area contributed by atoms with Crippen molar-refractivity contribution in [2.24, 2.45) is 0 Å². The van der Waals surface area contributed by atoms with Crippen molar-refractivity contribution < 1.29 is 9.18 Å². The molecule has 5 aromatic rings. The number of nitrogens with zero attached hydrogens (tertiary/aromatic N) is 2. The fourth-order valence-corrected chi connectivity index (χ4v) is 4.45. The van der Waals surface area contributed by atoms with Gasteiger partial charge in [0.15, 0.2) is 5.16 Å². The first kappa shape index (κ1) is 20.9. The SMILES string of the molecule is O=C(CSc1nc2ccccc2c(=O)n1-c1ccccc1F)Nc1ccc2ccccc2c1. The van der Waals surface area contributed by atoms with E-state index in [4.69, 9.17) is 0 Å². The van der Waals surface area contributed by atoms with Crippen LogP contribution in [0.1, 0.15) is 0 Å². The third-order valence-corrected chi connectivity index (χ3v) is 6.14. The number of nitrogens with one attached hydrogen (secondary N) is 1. The van der Waals surface area contributed by atoms with Gasteiger partial charge in [-0.05, 0) is 47.2 Å². The Morgan fingerprint density at radius 1 is 0.909 bits per heavy atom. The van der Waals surface area contributed by atoms with Crippen LogP contribution in [0, 0.1) is 5.82 Å². The van der Waals surface area contributed by atoms with E-state index in [-0.39, 0.29) is 28.1 Å². The summed E-state index contributed by atoms with van der Waals surface area (Å²) in [6.07, 6.45) is 0. The zero-order chi connectivity index (χ0) is 22.8. The molecule has 0 aliphatic carbocycles. The Kier molecular flexibility index (Phi) is 5.62. The largest absolute Gasteiger partial charge is 0.325 e. The molecule has 5 rings (SSSR count). The zero-order valence-corrected chi connectivity index (χ0v) is 18.2. The van der Waals surface area contributed by atoms with Crippen LogP contribution in [-0.2, 0) is 4.79 Å². The standard InChI is InChI=1S/C26H18FN3O2S/c27-21-10-4-6-12-23(21)30-25(32)20-9-3-5-11-22(20)29-26(30)33-16-24(31)28-19-14-13-17-7-1-2-8-18(17)15-19/h1-15H,16H2,(H,28,31). The molecule has 1 N–H and O–H groups in total. The Balaban J connectivity index is 1.45. The predicted octanol–water partition coefficient (Wildman–Crippen LogP) is 5.41. The molecule has 1 heterocycles. The lowest BCUT2D eigenvalue weighted by molar-refractivity contribution is -0.113. The lowest BCUT2D eigenvalue weighted by atomic mass is 10.1. The van der Waals surface area contributed by atoms with E-state index in [9.17, 15) is 14.0 Å². The number of benzene rings is 4. The number of hydrogen-bond donors (Lipinski definition) is 1. The first-order chi connectivity index (χ1) is 16.1. The van der Waals surface area contributed by atoms with Crippen LogP contribution in [0.4, 0.5) is 10.1 Å². The van der Waals surface area contributed by atoms with Gasteiger partial charge in [0.05, 0.1) is 22.3 Å². The highest BCUT2D eigenvalue weighted by Crippen LogP contribution is 2.24. The highest BCUT2D eigenvalue weighted by molar-refractivity contribution is 7.99. The van der Waals surface area contributed by atoms with Crippen molar-refractivity contribution in [1.29, 1.82) is 0 Å². The summed E-state index contributed by atoms with van der Waals surface area (Å²) in [6, 6.07) is 26.5. The number of halogens is 1. The van der Waals surface area contributed by atoms with Gasteiger partial charge in [-0.1, -0.05) is 66.4 Å². The molecule has 33 heavy (non-hydrogen) atoms. The monoisotopic (exact) mass is 455 g/mol. The van der Waals surface area contributed by atoms with E-state index in [0.29, 0.717) is 16.6 Å². The van der Waals surface area contributed by atoms with Crippen molar-refractivity contribution in [2.75, 3.05) is 11.1 Å². The molecular weight excluding hydrogens is 437 g/mol. The summed E-state index contributed by atoms with van der Waals surface area (Å²) in [5.41, 5.74) is 0.881. The number of carbonyl (C=O) groups is 1. The Bertz CT molecular complexity index is 1560. The van der Waals surface area contributed by atoms with Crippen molar-refractivity contribution in [3.63, 3.8) is 0 Å². The number of rotatable bonds is 5. The van der Waals surface area contributed by atoms with Gasteiger partial charge in [-0.3, -0.25) is 14.2 Å². The molecular formula is C26H18FN3O2S. The fourth-order valence-electron chi connectivity index (χ4n) is 3.65. The molecule has 7 heteroatoms. The summed E-state index contributed by atoms with van der Waals surface area (Å²) in [5, 5.41) is 5.61. The van der Waals surface area contributed by atoms with Crippen molar-refractivity contribution in [3.8, 4) is 5.69 Å². The lowest BCUT2D eigenvalue weighted by Crippen LogP contribution is -2.23. The highest BCUT2D eigenvalue weighted by atomic mass is 32.2. The number of anilines is 1. The summed E-state index contributed by atoms with van der Waals surface area (Å²) >= 11 is 1.08. The normalized spacial score (nSPS) is 11.1. The van der Waals surface area contributed by atoms with Crippen LogP contribution in [0.15, 0.2) is 101 Å². The second-order valence-corrected chi connectivity index (χ2v) is 8.34. The molecule has 0 aliphatic rings. The van der Waals surface area contributed by atoms with Crippen LogP contribution in [0.25, 0.3) is 27.4 Å². The Morgan fingerprint density at radius 3 is 2.48 bits per heavy atom. The van der Waals surface area contributed by atoms with E-state index in [0.717, 1.165) is 22.5 Å². The van der Waals surface area contributed by atoms with Gasteiger partial charge in [-0.15, -0.1) is 0 Å². The second kappa shape index (κ2) is 8.88. The van der Waals surface area contributed by atoms with Crippen molar-refractivity contribution in [2.45, 2.75) is 5.16 Å². The van der Waals surface area contributed by atoms with E-state index < -0.39 is 5.82 Å². The smallest absolute Gasteiger partial charge is 0.266 e. The van der Waals surface area contributed by atoms with Crippen molar-refractivity contribution in [3.05, 3.63) is 107 Å². The van der Waals surface area contributed by atoms with Crippen LogP contribution >= 0.6 is 11.8 Å². The van der Waals surface area contributed by atoms with Gasteiger partial charge in [0.25, 0.3) is 5.56 Å². The number of para-hydroxylation sites is 2. The Morgan fingerprint density at radius 2 is 1.64 bits per heavy atom. The molecule has 0 fully saturated rings. The highest BCUT2D eigenvalue weighted by Gasteiger charge is 2.17. The minimum absolute atomic E-state index is 0.00601. The van der Waals surface area contributed by atoms with Gasteiger partial charge in [-0.2, -0.15) is 0 Å². The van der Waals surface area contributed by atoms with Crippen LogP contribution < -0.4 is 10.9 Å². The third kappa shape index (κ3) is 4.23. The van der Waals surface area contributed by atoms with E-state index in [1.54, 1.807) is 36.4 Å². The predicted molar refractivity (Wildman–Crippen MR) is 131 cm³/mol. The first-order valence-electron chi connectivity index (χ1n) is 10.3. The summed E-state index contributed by atoms with van der Waals surface area (Å²) in [4.78, 5) is 30.4. The Hall–Kier alpha value is -3.97. The fraction of sp³-hybridized carbons (Fsp3) is 0.0385. The summed E-state index contributed by atoms with van der Waals surface area (Å²) in [7, 11) is 0. The molecule has 0 atom stereocenters. The van der Waals surface area contributed by atoms with E-state index in [1.165, 1.54) is 16.7 Å². The third-order valence-electron chi connectivity index (χ3n) is 5.20. The lowest BCUT2D eigenvalue weighted by Gasteiger charge is -2.14. The number of fused-ring (bicyclic) bond motifs is 2. The van der Waals surface area contributed by atoms with Crippen molar-refractivity contribution in [1.82, 2.24) is 9.55 Å². The average molecular weight is 456 g/mol. The van der Waals surface area contributed by atoms with Gasteiger partial charge in [-0.25, -0.2) is 9.37 Å². The molecule has 162 valence electrons. The average Bonchev–Trinajstić information content (AvgIpc) is 2.83. The number of amides is 1. The summed E-state index contributed by atoms with van der Waals surface area (Å²) in [6.45, 7) is 0. The van der Waals surface area contributed by atoms with Crippen LogP contribution in [0.5, 0.6) is 0 Å². The van der Waals surface area contributed by atoms with Crippen molar-refractivity contribution >= 4 is 45.0 Å². The minimum atomic E-state index is -0.542. The van der Waals surface area contributed by atoms with Gasteiger partial charge in [0.2, 0.25) is 5.91 Å². The maximum Gasteiger partial charge on any atom is 0.266 e. The molecule has 0 saturated carbocycles. The Labute approximate surface area is 192 Å². The molecule has 0 spiro atoms. The maximum absolute atomic E-state index is 14.6. The van der Waals surface area contributed by atoms with E-state index >= 15 is 0 Å². The molecule has 5 nitrogen and oxygen atoms in total. The molecule has 0 unspecified atom stereocenters. The number of thioether (sulfide) groups is 1. The number of carbonyl (C=O) groups excluding carboxylic acids is 1. The molecule has 1 amide bonds. The molecule has 0 radical (unpaired) electrons. The maximum atomic E-state index is 14.6. The van der Waals surface area contributed by atoms with Crippen LogP contribution in [0.2, 0.25) is 0 Å². The molecule has 4 aromatic carbocycles. The minimum Gasteiger partial charge on any atom is -0.325 e. The molecule has 0 bridgehead atoms. The summed E-state index contributed by atoms with van der Waals surface area (Å²) < 4.78 is 15.8. The van der Waals surface area contributed by atoms with E-state index in [1.807, 2.05) is 42.5 Å². The van der Waals surface area contributed by atoms with Gasteiger partial charge < -0.3 is 5.32 Å². The van der Waals surface area contributed by atoms with Gasteiger partial charge in [0, 0.05) is 5.69 Å². The van der Waals surface area contributed by atoms with Gasteiger partial charge >= 0.3 is 0 Å². The number of aromatic nitrogens is 2. The number of hydrogen-bond acceptors (Lipinski definition) is 4. The van der Waals surface area contributed by atoms with Crippen LogP contribution in [0.3, 0.4) is 0 Å². The van der Waals surface area contributed by atoms with Gasteiger partial charge in [0.1, 0.15) is 5.82 Å². The zero-order valence-electron chi connectivity index (χ0n) is 17.4. The first-order valence-corrected chi connectivity index (χ1v) is 11.3. The van der Waals surface area contributed by atoms with Crippen LogP contribution in [-0.4, -0.2) is 21.2 Å². The van der Waals surface area contributed by atoms with E-state index in [2.05, 4.69) is 10.3 Å². The molecule has 0 saturated heterocycles. The molecule has 1 aromatic heterocycles. The topological polar surface area (TPSA) is 64.0 Å².